The first-order valence-corrected chi connectivity index (χ1v) is 4.74. The maximum atomic E-state index is 12.8. The first kappa shape index (κ1) is 9.17. The molecule has 2 aromatic rings. The SMILES string of the molecule is NC(c1cncc(F)c1)c1csnn1. The molecule has 0 aliphatic rings. The van der Waals surface area contributed by atoms with Gasteiger partial charge in [0.15, 0.2) is 0 Å². The van der Waals surface area contributed by atoms with E-state index in [1.54, 1.807) is 5.38 Å². The molecular weight excluding hydrogens is 203 g/mol. The van der Waals surface area contributed by atoms with Gasteiger partial charge in [-0.3, -0.25) is 4.98 Å². The second kappa shape index (κ2) is 3.77. The Morgan fingerprint density at radius 2 is 2.29 bits per heavy atom. The molecule has 14 heavy (non-hydrogen) atoms. The Morgan fingerprint density at radius 3 is 2.93 bits per heavy atom. The van der Waals surface area contributed by atoms with E-state index in [4.69, 9.17) is 5.73 Å². The van der Waals surface area contributed by atoms with Crippen molar-refractivity contribution in [1.29, 1.82) is 0 Å². The van der Waals surface area contributed by atoms with E-state index >= 15 is 0 Å². The molecule has 0 spiro atoms. The second-order valence-electron chi connectivity index (χ2n) is 2.74. The summed E-state index contributed by atoms with van der Waals surface area (Å²) in [6, 6.07) is 0.883. The van der Waals surface area contributed by atoms with Crippen molar-refractivity contribution >= 4 is 11.5 Å². The van der Waals surface area contributed by atoms with Gasteiger partial charge in [0, 0.05) is 11.6 Å². The van der Waals surface area contributed by atoms with Crippen molar-refractivity contribution in [2.45, 2.75) is 6.04 Å². The zero-order valence-corrected chi connectivity index (χ0v) is 7.91. The molecule has 0 saturated carbocycles. The van der Waals surface area contributed by atoms with Crippen LogP contribution in [-0.2, 0) is 0 Å². The van der Waals surface area contributed by atoms with Crippen LogP contribution in [0.15, 0.2) is 23.8 Å². The highest BCUT2D eigenvalue weighted by atomic mass is 32.1. The molecule has 1 atom stereocenters. The molecular formula is C8H7FN4S. The smallest absolute Gasteiger partial charge is 0.141 e. The van der Waals surface area contributed by atoms with Gasteiger partial charge in [0.2, 0.25) is 0 Å². The molecule has 0 saturated heterocycles. The molecule has 0 aromatic carbocycles. The van der Waals surface area contributed by atoms with Crippen molar-refractivity contribution in [3.05, 3.63) is 40.9 Å². The normalized spacial score (nSPS) is 12.7. The van der Waals surface area contributed by atoms with Gasteiger partial charge in [0.05, 0.1) is 17.9 Å². The van der Waals surface area contributed by atoms with Crippen LogP contribution in [0.2, 0.25) is 0 Å². The number of rotatable bonds is 2. The van der Waals surface area contributed by atoms with Crippen LogP contribution in [0.5, 0.6) is 0 Å². The predicted octanol–water partition coefficient (Wildman–Crippen LogP) is 1.12. The maximum Gasteiger partial charge on any atom is 0.141 e. The van der Waals surface area contributed by atoms with Crippen LogP contribution in [-0.4, -0.2) is 14.6 Å². The van der Waals surface area contributed by atoms with Crippen LogP contribution in [0.1, 0.15) is 17.3 Å². The highest BCUT2D eigenvalue weighted by Crippen LogP contribution is 2.17. The van der Waals surface area contributed by atoms with Gasteiger partial charge in [-0.1, -0.05) is 4.49 Å². The Kier molecular flexibility index (Phi) is 2.47. The standard InChI is InChI=1S/C8H7FN4S/c9-6-1-5(2-11-3-6)8(10)7-4-14-13-12-7/h1-4,8H,10H2. The van der Waals surface area contributed by atoms with E-state index in [2.05, 4.69) is 14.6 Å². The average molecular weight is 210 g/mol. The summed E-state index contributed by atoms with van der Waals surface area (Å²) in [5.74, 6) is -0.402. The van der Waals surface area contributed by atoms with Gasteiger partial charge in [-0.15, -0.1) is 5.10 Å². The molecule has 0 bridgehead atoms. The fourth-order valence-corrected chi connectivity index (χ4v) is 1.57. The van der Waals surface area contributed by atoms with Crippen LogP contribution in [0.25, 0.3) is 0 Å². The third kappa shape index (κ3) is 1.75. The second-order valence-corrected chi connectivity index (χ2v) is 3.35. The number of halogens is 1. The summed E-state index contributed by atoms with van der Waals surface area (Å²) in [5.41, 5.74) is 7.05. The Hall–Kier alpha value is -1.40. The molecule has 2 heterocycles. The zero-order valence-electron chi connectivity index (χ0n) is 7.09. The van der Waals surface area contributed by atoms with Gasteiger partial charge in [0.1, 0.15) is 5.82 Å². The molecule has 0 aliphatic heterocycles. The van der Waals surface area contributed by atoms with E-state index in [0.29, 0.717) is 11.3 Å². The quantitative estimate of drug-likeness (QED) is 0.806. The summed E-state index contributed by atoms with van der Waals surface area (Å²) in [7, 11) is 0. The van der Waals surface area contributed by atoms with Gasteiger partial charge >= 0.3 is 0 Å². The molecule has 0 aliphatic carbocycles. The molecule has 6 heteroatoms. The number of nitrogens with zero attached hydrogens (tertiary/aromatic N) is 3. The van der Waals surface area contributed by atoms with E-state index in [9.17, 15) is 4.39 Å². The highest BCUT2D eigenvalue weighted by molar-refractivity contribution is 7.03. The van der Waals surface area contributed by atoms with Crippen LogP contribution in [0.4, 0.5) is 4.39 Å². The van der Waals surface area contributed by atoms with Crippen molar-refractivity contribution in [1.82, 2.24) is 14.6 Å². The lowest BCUT2D eigenvalue weighted by Gasteiger charge is -2.07. The van der Waals surface area contributed by atoms with Crippen molar-refractivity contribution in [3.63, 3.8) is 0 Å². The minimum absolute atomic E-state index is 0.402. The van der Waals surface area contributed by atoms with Gasteiger partial charge in [-0.05, 0) is 23.2 Å². The Balaban J connectivity index is 2.32. The van der Waals surface area contributed by atoms with E-state index < -0.39 is 11.9 Å². The summed E-state index contributed by atoms with van der Waals surface area (Å²) in [6.45, 7) is 0. The van der Waals surface area contributed by atoms with E-state index in [1.165, 1.54) is 23.8 Å². The van der Waals surface area contributed by atoms with E-state index in [1.807, 2.05) is 0 Å². The molecule has 0 amide bonds. The van der Waals surface area contributed by atoms with Crippen LogP contribution < -0.4 is 5.73 Å². The van der Waals surface area contributed by atoms with Gasteiger partial charge < -0.3 is 5.73 Å². The fourth-order valence-electron chi connectivity index (χ4n) is 1.08. The molecule has 2 aromatic heterocycles. The Bertz CT molecular complexity index is 417. The Morgan fingerprint density at radius 1 is 1.43 bits per heavy atom. The van der Waals surface area contributed by atoms with Crippen LogP contribution >= 0.6 is 11.5 Å². The summed E-state index contributed by atoms with van der Waals surface area (Å²) in [5, 5.41) is 5.55. The van der Waals surface area contributed by atoms with Crippen molar-refractivity contribution in [3.8, 4) is 0 Å². The lowest BCUT2D eigenvalue weighted by atomic mass is 10.1. The monoisotopic (exact) mass is 210 g/mol. The number of aromatic nitrogens is 3. The first-order chi connectivity index (χ1) is 6.77. The van der Waals surface area contributed by atoms with Gasteiger partial charge in [0.25, 0.3) is 0 Å². The molecule has 0 fully saturated rings. The third-order valence-corrected chi connectivity index (χ3v) is 2.30. The minimum atomic E-state index is -0.461. The lowest BCUT2D eigenvalue weighted by molar-refractivity contribution is 0.615. The molecule has 0 radical (unpaired) electrons. The number of hydrogen-bond donors (Lipinski definition) is 1. The molecule has 4 nitrogen and oxygen atoms in total. The van der Waals surface area contributed by atoms with Crippen molar-refractivity contribution in [2.24, 2.45) is 5.73 Å². The van der Waals surface area contributed by atoms with Crippen LogP contribution in [0.3, 0.4) is 0 Å². The number of hydrogen-bond acceptors (Lipinski definition) is 5. The van der Waals surface area contributed by atoms with Gasteiger partial charge in [-0.25, -0.2) is 4.39 Å². The topological polar surface area (TPSA) is 64.7 Å². The summed E-state index contributed by atoms with van der Waals surface area (Å²) >= 11 is 1.21. The average Bonchev–Trinajstić information content (AvgIpc) is 2.69. The maximum absolute atomic E-state index is 12.8. The van der Waals surface area contributed by atoms with E-state index in [-0.39, 0.29) is 0 Å². The van der Waals surface area contributed by atoms with Gasteiger partial charge in [-0.2, -0.15) is 0 Å². The largest absolute Gasteiger partial charge is 0.319 e. The highest BCUT2D eigenvalue weighted by Gasteiger charge is 2.12. The summed E-state index contributed by atoms with van der Waals surface area (Å²) in [4.78, 5) is 3.72. The first-order valence-electron chi connectivity index (χ1n) is 3.90. The third-order valence-electron chi connectivity index (χ3n) is 1.78. The fraction of sp³-hybridized carbons (Fsp3) is 0.125. The predicted molar refractivity (Wildman–Crippen MR) is 50.1 cm³/mol. The Labute approximate surface area is 83.8 Å². The minimum Gasteiger partial charge on any atom is -0.319 e. The number of nitrogens with two attached hydrogens (primary N) is 1. The lowest BCUT2D eigenvalue weighted by Crippen LogP contribution is -2.12. The zero-order chi connectivity index (χ0) is 9.97. The number of pyridine rings is 1. The van der Waals surface area contributed by atoms with Crippen LogP contribution in [0, 0.1) is 5.82 Å². The summed E-state index contributed by atoms with van der Waals surface area (Å²) < 4.78 is 16.5. The molecule has 2 rings (SSSR count). The van der Waals surface area contributed by atoms with E-state index in [0.717, 1.165) is 6.20 Å². The molecule has 72 valence electrons. The molecule has 2 N–H and O–H groups in total. The summed E-state index contributed by atoms with van der Waals surface area (Å²) in [6.07, 6.45) is 2.66. The van der Waals surface area contributed by atoms with Crippen molar-refractivity contribution in [2.75, 3.05) is 0 Å². The molecule has 1 unspecified atom stereocenters. The van der Waals surface area contributed by atoms with Crippen molar-refractivity contribution < 1.29 is 4.39 Å².